The van der Waals surface area contributed by atoms with Gasteiger partial charge < -0.3 is 34.1 Å². The van der Waals surface area contributed by atoms with E-state index in [9.17, 15) is 19.2 Å². The summed E-state index contributed by atoms with van der Waals surface area (Å²) in [5.41, 5.74) is 6.80. The molecule has 1 aromatic heterocycles. The lowest BCUT2D eigenvalue weighted by Gasteiger charge is -2.46. The van der Waals surface area contributed by atoms with Gasteiger partial charge in [-0.15, -0.1) is 23.2 Å². The quantitative estimate of drug-likeness (QED) is 0.0882. The molecule has 3 heterocycles. The lowest BCUT2D eigenvalue weighted by Crippen LogP contribution is -2.51. The monoisotopic (exact) mass is 761 g/mol. The molecular formula is C40H45Cl2N5O6. The van der Waals surface area contributed by atoms with Crippen LogP contribution < -0.4 is 15.1 Å². The van der Waals surface area contributed by atoms with Gasteiger partial charge >= 0.3 is 11.9 Å². The maximum Gasteiger partial charge on any atom is 0.328 e. The van der Waals surface area contributed by atoms with Crippen LogP contribution in [0.2, 0.25) is 0 Å². The maximum absolute atomic E-state index is 13.6. The van der Waals surface area contributed by atoms with E-state index >= 15 is 0 Å². The van der Waals surface area contributed by atoms with Crippen LogP contribution in [0.4, 0.5) is 11.4 Å². The molecule has 53 heavy (non-hydrogen) atoms. The average molecular weight is 763 g/mol. The minimum atomic E-state index is -0.915. The smallest absolute Gasteiger partial charge is 0.328 e. The summed E-state index contributed by atoms with van der Waals surface area (Å²) in [6.07, 6.45) is 1.01. The first kappa shape index (κ1) is 38.0. The first-order valence-corrected chi connectivity index (χ1v) is 19.0. The molecule has 13 heteroatoms. The van der Waals surface area contributed by atoms with Crippen molar-refractivity contribution in [1.82, 2.24) is 14.8 Å². The van der Waals surface area contributed by atoms with Gasteiger partial charge in [0.2, 0.25) is 5.91 Å². The zero-order valence-electron chi connectivity index (χ0n) is 30.1. The predicted molar refractivity (Wildman–Crippen MR) is 207 cm³/mol. The van der Waals surface area contributed by atoms with Crippen molar-refractivity contribution in [3.8, 4) is 0 Å². The fourth-order valence-electron chi connectivity index (χ4n) is 7.50. The number of aryl methyl sites for hydroxylation is 1. The van der Waals surface area contributed by atoms with Crippen molar-refractivity contribution >= 4 is 69.2 Å². The molecule has 0 aliphatic carbocycles. The Morgan fingerprint density at radius 2 is 1.68 bits per heavy atom. The molecule has 0 fully saturated rings. The molecular weight excluding hydrogens is 717 g/mol. The number of anilines is 2. The zero-order valence-corrected chi connectivity index (χ0v) is 31.6. The summed E-state index contributed by atoms with van der Waals surface area (Å²) >= 11 is 11.9. The Hall–Kier alpha value is -4.74. The Balaban J connectivity index is 1.03. The minimum Gasteiger partial charge on any atom is -0.467 e. The topological polar surface area (TPSA) is 113 Å². The van der Waals surface area contributed by atoms with Crippen LogP contribution in [0.15, 0.2) is 72.8 Å². The first-order valence-electron chi connectivity index (χ1n) is 18.0. The third-order valence-corrected chi connectivity index (χ3v) is 10.4. The van der Waals surface area contributed by atoms with E-state index in [4.69, 9.17) is 32.7 Å². The normalized spacial score (nSPS) is 15.3. The molecule has 2 atom stereocenters. The van der Waals surface area contributed by atoms with Gasteiger partial charge in [-0.05, 0) is 54.3 Å². The number of rotatable bonds is 16. The molecule has 1 unspecified atom stereocenters. The average Bonchev–Trinajstić information content (AvgIpc) is 3.50. The highest BCUT2D eigenvalue weighted by Crippen LogP contribution is 2.44. The summed E-state index contributed by atoms with van der Waals surface area (Å²) in [6.45, 7) is 2.68. The van der Waals surface area contributed by atoms with Gasteiger partial charge in [-0.25, -0.2) is 4.79 Å². The van der Waals surface area contributed by atoms with Gasteiger partial charge in [-0.1, -0.05) is 42.5 Å². The molecule has 2 amide bonds. The molecule has 11 nitrogen and oxygen atoms in total. The lowest BCUT2D eigenvalue weighted by atomic mass is 9.96. The molecule has 280 valence electrons. The summed E-state index contributed by atoms with van der Waals surface area (Å²) in [4.78, 5) is 57.9. The minimum absolute atomic E-state index is 0.0319. The van der Waals surface area contributed by atoms with Crippen molar-refractivity contribution in [2.45, 2.75) is 50.9 Å². The number of benzene rings is 3. The number of nitrogens with one attached hydrogen (secondary N) is 1. The Morgan fingerprint density at radius 3 is 2.42 bits per heavy atom. The highest BCUT2D eigenvalue weighted by molar-refractivity contribution is 6.18. The Morgan fingerprint density at radius 1 is 0.962 bits per heavy atom. The molecule has 4 aromatic rings. The van der Waals surface area contributed by atoms with Crippen LogP contribution in [0.5, 0.6) is 0 Å². The van der Waals surface area contributed by atoms with E-state index in [0.29, 0.717) is 49.9 Å². The summed E-state index contributed by atoms with van der Waals surface area (Å²) in [7, 11) is 3.30. The standard InChI is InChI=1S/C40H45Cl2N5O6/c1-44-33-10-5-4-9-31(33)39(50)47-22-18-30-29-8-3-6-11-34(29)46(37(30)38(44)47)21-7-25-53-36(49)17-16-35(48)43-32(40(51)52-2)26-27-12-14-28(15-13-27)45(23-19-41)24-20-42/h3-6,8-15,32,38H,7,16-26H2,1-2H3,(H,43,48)/t32-,38?/m0/s1. The van der Waals surface area contributed by atoms with E-state index in [1.54, 1.807) is 0 Å². The predicted octanol–water partition coefficient (Wildman–Crippen LogP) is 5.69. The summed E-state index contributed by atoms with van der Waals surface area (Å²) < 4.78 is 12.8. The number of amides is 2. The molecule has 0 bridgehead atoms. The van der Waals surface area contributed by atoms with Crippen LogP contribution in [-0.4, -0.2) is 91.4 Å². The van der Waals surface area contributed by atoms with Crippen molar-refractivity contribution in [2.75, 3.05) is 62.0 Å². The number of carbonyl (C=O) groups is 4. The molecule has 3 aromatic carbocycles. The van der Waals surface area contributed by atoms with Gasteiger partial charge in [0, 0.05) is 74.4 Å². The highest BCUT2D eigenvalue weighted by atomic mass is 35.5. The number of hydrogen-bond acceptors (Lipinski definition) is 8. The van der Waals surface area contributed by atoms with Crippen LogP contribution in [0.3, 0.4) is 0 Å². The SMILES string of the molecule is COC(=O)[C@H](Cc1ccc(N(CCCl)CCCl)cc1)NC(=O)CCC(=O)OCCCn1c2c(c3ccccc31)CCN1C(=O)c3ccccc3N(C)C21. The van der Waals surface area contributed by atoms with Crippen molar-refractivity contribution in [3.63, 3.8) is 0 Å². The van der Waals surface area contributed by atoms with Gasteiger partial charge in [0.15, 0.2) is 0 Å². The van der Waals surface area contributed by atoms with E-state index in [1.807, 2.05) is 72.6 Å². The maximum atomic E-state index is 13.6. The van der Waals surface area contributed by atoms with Crippen LogP contribution >= 0.6 is 23.2 Å². The molecule has 0 radical (unpaired) electrons. The van der Waals surface area contributed by atoms with E-state index in [2.05, 4.69) is 31.8 Å². The number of nitrogens with zero attached hydrogens (tertiary/aromatic N) is 4. The lowest BCUT2D eigenvalue weighted by molar-refractivity contribution is -0.146. The number of esters is 2. The van der Waals surface area contributed by atoms with Gasteiger partial charge in [0.25, 0.3) is 5.91 Å². The number of hydrogen-bond donors (Lipinski definition) is 1. The third kappa shape index (κ3) is 8.26. The number of fused-ring (bicyclic) bond motifs is 6. The van der Waals surface area contributed by atoms with Crippen LogP contribution in [0.1, 0.15) is 52.6 Å². The molecule has 1 N–H and O–H groups in total. The number of para-hydroxylation sites is 2. The highest BCUT2D eigenvalue weighted by Gasteiger charge is 2.42. The van der Waals surface area contributed by atoms with Crippen molar-refractivity contribution in [1.29, 1.82) is 0 Å². The van der Waals surface area contributed by atoms with E-state index < -0.39 is 23.9 Å². The largest absolute Gasteiger partial charge is 0.467 e. The molecule has 0 saturated carbocycles. The Kier molecular flexibility index (Phi) is 12.5. The molecule has 0 spiro atoms. The van der Waals surface area contributed by atoms with Gasteiger partial charge in [-0.3, -0.25) is 14.4 Å². The van der Waals surface area contributed by atoms with Crippen LogP contribution in [-0.2, 0) is 43.2 Å². The van der Waals surface area contributed by atoms with Crippen molar-refractivity contribution in [2.24, 2.45) is 0 Å². The Bertz CT molecular complexity index is 1940. The number of methoxy groups -OCH3 is 1. The Labute approximate surface area is 319 Å². The molecule has 2 aliphatic rings. The number of aromatic nitrogens is 1. The fourth-order valence-corrected chi connectivity index (χ4v) is 7.91. The van der Waals surface area contributed by atoms with Crippen LogP contribution in [0.25, 0.3) is 10.9 Å². The van der Waals surface area contributed by atoms with Crippen LogP contribution in [0, 0.1) is 0 Å². The summed E-state index contributed by atoms with van der Waals surface area (Å²) in [5.74, 6) is -0.563. The van der Waals surface area contributed by atoms with Gasteiger partial charge in [-0.2, -0.15) is 0 Å². The van der Waals surface area contributed by atoms with E-state index in [0.717, 1.165) is 34.6 Å². The number of alkyl halides is 2. The van der Waals surface area contributed by atoms with Crippen molar-refractivity contribution in [3.05, 3.63) is 95.2 Å². The molecule has 0 saturated heterocycles. The fraction of sp³-hybridized carbons (Fsp3) is 0.400. The third-order valence-electron chi connectivity index (χ3n) is 10.0. The first-order chi connectivity index (χ1) is 25.7. The second kappa shape index (κ2) is 17.4. The number of carbonyl (C=O) groups excluding carboxylic acids is 4. The second-order valence-corrected chi connectivity index (χ2v) is 14.0. The van der Waals surface area contributed by atoms with Crippen molar-refractivity contribution < 1.29 is 28.7 Å². The van der Waals surface area contributed by atoms with Gasteiger partial charge in [0.05, 0.1) is 37.1 Å². The summed E-state index contributed by atoms with van der Waals surface area (Å²) in [6, 6.07) is 22.7. The second-order valence-electron chi connectivity index (χ2n) is 13.2. The number of halogens is 2. The van der Waals surface area contributed by atoms with E-state index in [1.165, 1.54) is 18.1 Å². The molecule has 6 rings (SSSR count). The number of ether oxygens (including phenoxy) is 2. The van der Waals surface area contributed by atoms with Gasteiger partial charge in [0.1, 0.15) is 12.2 Å². The van der Waals surface area contributed by atoms with E-state index in [-0.39, 0.29) is 37.9 Å². The zero-order chi connectivity index (χ0) is 37.5. The molecule has 2 aliphatic heterocycles. The summed E-state index contributed by atoms with van der Waals surface area (Å²) in [5, 5.41) is 3.88.